The number of carbonyl (C=O) groups is 2. The summed E-state index contributed by atoms with van der Waals surface area (Å²) in [5.74, 6) is -0.105. The molecule has 2 aliphatic heterocycles. The average Bonchev–Trinajstić information content (AvgIpc) is 2.48. The van der Waals surface area contributed by atoms with Gasteiger partial charge in [-0.1, -0.05) is 0 Å². The number of piperidine rings is 1. The second-order valence-corrected chi connectivity index (χ2v) is 3.38. The number of hydrogen-bond donors (Lipinski definition) is 1. The van der Waals surface area contributed by atoms with Crippen molar-refractivity contribution in [2.75, 3.05) is 13.2 Å². The first-order valence-corrected chi connectivity index (χ1v) is 4.34. The molecule has 72 valence electrons. The van der Waals surface area contributed by atoms with Crippen molar-refractivity contribution >= 4 is 11.9 Å². The summed E-state index contributed by atoms with van der Waals surface area (Å²) in [7, 11) is 0. The maximum atomic E-state index is 11.3. The van der Waals surface area contributed by atoms with E-state index in [-0.39, 0.29) is 18.5 Å². The molecule has 0 bridgehead atoms. The Hall–Kier alpha value is -1.10. The number of Topliss-reactive ketones (excluding diaryl/α,β-unsaturated/α-hetero) is 1. The van der Waals surface area contributed by atoms with Crippen LogP contribution in [-0.4, -0.2) is 47.2 Å². The molecule has 0 spiro atoms. The van der Waals surface area contributed by atoms with Crippen LogP contribution in [0, 0.1) is 0 Å². The third kappa shape index (κ3) is 1.29. The van der Waals surface area contributed by atoms with Crippen LogP contribution in [0.2, 0.25) is 0 Å². The lowest BCUT2D eigenvalue weighted by atomic mass is 9.98. The van der Waals surface area contributed by atoms with Crippen molar-refractivity contribution in [1.82, 2.24) is 4.90 Å². The summed E-state index contributed by atoms with van der Waals surface area (Å²) in [5, 5.41) is 8.82. The number of carboxylic acid groups (broad SMARTS) is 1. The Kier molecular flexibility index (Phi) is 1.95. The summed E-state index contributed by atoms with van der Waals surface area (Å²) in [6.07, 6.45) is 0.354. The molecule has 1 amide bonds. The molecule has 2 saturated heterocycles. The highest BCUT2D eigenvalue weighted by molar-refractivity contribution is 5.90. The van der Waals surface area contributed by atoms with Crippen LogP contribution in [0.25, 0.3) is 0 Å². The van der Waals surface area contributed by atoms with Crippen LogP contribution in [-0.2, 0) is 9.53 Å². The highest BCUT2D eigenvalue weighted by Gasteiger charge is 2.44. The van der Waals surface area contributed by atoms with Crippen LogP contribution in [0.5, 0.6) is 0 Å². The van der Waals surface area contributed by atoms with Crippen molar-refractivity contribution in [2.45, 2.75) is 25.0 Å². The molecule has 0 saturated carbocycles. The second kappa shape index (κ2) is 2.99. The number of rotatable bonds is 0. The van der Waals surface area contributed by atoms with Gasteiger partial charge >= 0.3 is 6.09 Å². The molecule has 2 atom stereocenters. The molecule has 2 aliphatic rings. The van der Waals surface area contributed by atoms with Gasteiger partial charge in [-0.25, -0.2) is 4.79 Å². The standard InChI is InChI=1S/C8H11NO4/c10-5-4-13-6-2-1-3-9(7(5)6)8(11)12/h6-7H,1-4H2,(H,11,12). The first-order chi connectivity index (χ1) is 6.20. The predicted molar refractivity (Wildman–Crippen MR) is 42.5 cm³/mol. The van der Waals surface area contributed by atoms with Crippen molar-refractivity contribution < 1.29 is 19.4 Å². The van der Waals surface area contributed by atoms with Gasteiger partial charge in [-0.15, -0.1) is 0 Å². The molecule has 0 aromatic rings. The number of carbonyl (C=O) groups excluding carboxylic acids is 1. The van der Waals surface area contributed by atoms with Gasteiger partial charge in [0.1, 0.15) is 12.6 Å². The van der Waals surface area contributed by atoms with Gasteiger partial charge < -0.3 is 9.84 Å². The summed E-state index contributed by atoms with van der Waals surface area (Å²) in [4.78, 5) is 23.3. The highest BCUT2D eigenvalue weighted by Crippen LogP contribution is 2.25. The van der Waals surface area contributed by atoms with Crippen molar-refractivity contribution in [1.29, 1.82) is 0 Å². The summed E-state index contributed by atoms with van der Waals surface area (Å²) in [6.45, 7) is 0.519. The zero-order valence-corrected chi connectivity index (χ0v) is 7.10. The first kappa shape index (κ1) is 8.50. The van der Waals surface area contributed by atoms with Gasteiger partial charge in [0.25, 0.3) is 0 Å². The Morgan fingerprint density at radius 3 is 3.08 bits per heavy atom. The molecule has 2 unspecified atom stereocenters. The van der Waals surface area contributed by atoms with Gasteiger partial charge in [0.15, 0.2) is 5.78 Å². The molecule has 5 heteroatoms. The lowest BCUT2D eigenvalue weighted by molar-refractivity contribution is -0.121. The van der Waals surface area contributed by atoms with E-state index >= 15 is 0 Å². The zero-order valence-electron chi connectivity index (χ0n) is 7.10. The van der Waals surface area contributed by atoms with Gasteiger partial charge in [0.2, 0.25) is 0 Å². The smallest absolute Gasteiger partial charge is 0.408 e. The third-order valence-electron chi connectivity index (χ3n) is 2.59. The van der Waals surface area contributed by atoms with Gasteiger partial charge in [0.05, 0.1) is 6.10 Å². The van der Waals surface area contributed by atoms with Gasteiger partial charge in [0, 0.05) is 6.54 Å². The zero-order chi connectivity index (χ0) is 9.42. The molecular weight excluding hydrogens is 174 g/mol. The van der Waals surface area contributed by atoms with Crippen molar-refractivity contribution in [3.05, 3.63) is 0 Å². The molecule has 1 N–H and O–H groups in total. The third-order valence-corrected chi connectivity index (χ3v) is 2.59. The van der Waals surface area contributed by atoms with Gasteiger partial charge in [-0.2, -0.15) is 0 Å². The topological polar surface area (TPSA) is 66.8 Å². The van der Waals surface area contributed by atoms with Crippen LogP contribution >= 0.6 is 0 Å². The molecule has 0 aromatic carbocycles. The van der Waals surface area contributed by atoms with E-state index in [1.807, 2.05) is 0 Å². The number of amides is 1. The Morgan fingerprint density at radius 1 is 1.62 bits per heavy atom. The summed E-state index contributed by atoms with van der Waals surface area (Å²) in [5.41, 5.74) is 0. The predicted octanol–water partition coefficient (Wildman–Crippen LogP) is 0.0967. The monoisotopic (exact) mass is 185 g/mol. The quantitative estimate of drug-likeness (QED) is 0.581. The van der Waals surface area contributed by atoms with Crippen LogP contribution in [0.3, 0.4) is 0 Å². The van der Waals surface area contributed by atoms with Crippen molar-refractivity contribution in [3.8, 4) is 0 Å². The van der Waals surface area contributed by atoms with E-state index in [0.29, 0.717) is 6.54 Å². The second-order valence-electron chi connectivity index (χ2n) is 3.38. The van der Waals surface area contributed by atoms with E-state index in [4.69, 9.17) is 9.84 Å². The molecular formula is C8H11NO4. The number of nitrogens with zero attached hydrogens (tertiary/aromatic N) is 1. The van der Waals surface area contributed by atoms with Crippen LogP contribution in [0.4, 0.5) is 4.79 Å². The number of hydrogen-bond acceptors (Lipinski definition) is 3. The maximum Gasteiger partial charge on any atom is 0.408 e. The Labute approximate surface area is 75.3 Å². The minimum atomic E-state index is -1.02. The molecule has 0 radical (unpaired) electrons. The summed E-state index contributed by atoms with van der Waals surface area (Å²) < 4.78 is 5.20. The van der Waals surface area contributed by atoms with Gasteiger partial charge in [-0.3, -0.25) is 9.69 Å². The summed E-state index contributed by atoms with van der Waals surface area (Å²) in [6, 6.07) is -0.536. The SMILES string of the molecule is O=C1COC2CCCN(C(=O)O)C12. The Morgan fingerprint density at radius 2 is 2.38 bits per heavy atom. The number of ether oxygens (including phenoxy) is 1. The van der Waals surface area contributed by atoms with Crippen LogP contribution < -0.4 is 0 Å². The normalized spacial score (nSPS) is 33.2. The number of likely N-dealkylation sites (tertiary alicyclic amines) is 1. The van der Waals surface area contributed by atoms with E-state index in [2.05, 4.69) is 0 Å². The Bertz CT molecular complexity index is 253. The van der Waals surface area contributed by atoms with E-state index in [1.165, 1.54) is 4.90 Å². The molecule has 13 heavy (non-hydrogen) atoms. The summed E-state index contributed by atoms with van der Waals surface area (Å²) >= 11 is 0. The van der Waals surface area contributed by atoms with E-state index < -0.39 is 12.1 Å². The molecule has 5 nitrogen and oxygen atoms in total. The van der Waals surface area contributed by atoms with Crippen LogP contribution in [0.15, 0.2) is 0 Å². The number of ketones is 1. The molecule has 0 aliphatic carbocycles. The molecule has 2 heterocycles. The van der Waals surface area contributed by atoms with Crippen molar-refractivity contribution in [2.24, 2.45) is 0 Å². The minimum Gasteiger partial charge on any atom is -0.465 e. The first-order valence-electron chi connectivity index (χ1n) is 4.34. The lowest BCUT2D eigenvalue weighted by Crippen LogP contribution is -2.51. The fourth-order valence-electron chi connectivity index (χ4n) is 2.01. The Balaban J connectivity index is 2.19. The molecule has 0 aromatic heterocycles. The van der Waals surface area contributed by atoms with E-state index in [1.54, 1.807) is 0 Å². The lowest BCUT2D eigenvalue weighted by Gasteiger charge is -2.32. The minimum absolute atomic E-state index is 0.0686. The maximum absolute atomic E-state index is 11.3. The molecule has 2 rings (SSSR count). The largest absolute Gasteiger partial charge is 0.465 e. The van der Waals surface area contributed by atoms with E-state index in [0.717, 1.165) is 12.8 Å². The molecule has 2 fully saturated rings. The van der Waals surface area contributed by atoms with Gasteiger partial charge in [-0.05, 0) is 12.8 Å². The highest BCUT2D eigenvalue weighted by atomic mass is 16.5. The number of fused-ring (bicyclic) bond motifs is 1. The fourth-order valence-corrected chi connectivity index (χ4v) is 2.01. The van der Waals surface area contributed by atoms with Crippen molar-refractivity contribution in [3.63, 3.8) is 0 Å². The average molecular weight is 185 g/mol. The van der Waals surface area contributed by atoms with E-state index in [9.17, 15) is 9.59 Å². The fraction of sp³-hybridized carbons (Fsp3) is 0.750. The van der Waals surface area contributed by atoms with Crippen LogP contribution in [0.1, 0.15) is 12.8 Å².